The van der Waals surface area contributed by atoms with Gasteiger partial charge in [0, 0.05) is 6.42 Å². The van der Waals surface area contributed by atoms with Crippen molar-refractivity contribution in [1.82, 2.24) is 25.1 Å². The second kappa shape index (κ2) is 6.80. The zero-order chi connectivity index (χ0) is 14.5. The number of aryl methyl sites for hydroxylation is 1. The van der Waals surface area contributed by atoms with E-state index in [0.717, 1.165) is 36.8 Å². The molecule has 5 nitrogen and oxygen atoms in total. The maximum atomic E-state index is 4.17. The average Bonchev–Trinajstić information content (AvgIpc) is 2.99. The van der Waals surface area contributed by atoms with E-state index in [9.17, 15) is 0 Å². The van der Waals surface area contributed by atoms with Crippen LogP contribution in [-0.4, -0.2) is 44.7 Å². The van der Waals surface area contributed by atoms with Crippen molar-refractivity contribution in [1.29, 1.82) is 0 Å². The van der Waals surface area contributed by atoms with Gasteiger partial charge in [-0.2, -0.15) is 4.68 Å². The van der Waals surface area contributed by atoms with Gasteiger partial charge in [0.1, 0.15) is 0 Å². The Bertz CT molecular complexity index is 543. The molecular weight excluding hydrogens is 262 g/mol. The number of nitrogens with zero attached hydrogens (tertiary/aromatic N) is 5. The largest absolute Gasteiger partial charge is 0.303 e. The van der Waals surface area contributed by atoms with Crippen LogP contribution in [0.3, 0.4) is 0 Å². The summed E-state index contributed by atoms with van der Waals surface area (Å²) in [5.41, 5.74) is 1.03. The van der Waals surface area contributed by atoms with Crippen molar-refractivity contribution < 1.29 is 0 Å². The standard InChI is InChI=1S/C16H23N5/c1-14-9-12-20(13-10-14)11-5-8-16-17-18-19-21(16)15-6-3-2-4-7-15/h2-4,6-7,14H,5,8-13H2,1H3. The predicted octanol–water partition coefficient (Wildman–Crippen LogP) is 2.33. The third-order valence-corrected chi connectivity index (χ3v) is 4.29. The number of tetrazole rings is 1. The van der Waals surface area contributed by atoms with Gasteiger partial charge in [0.25, 0.3) is 0 Å². The lowest BCUT2D eigenvalue weighted by molar-refractivity contribution is 0.190. The summed E-state index contributed by atoms with van der Waals surface area (Å²) in [4.78, 5) is 2.57. The number of aromatic nitrogens is 4. The first-order chi connectivity index (χ1) is 10.3. The van der Waals surface area contributed by atoms with Gasteiger partial charge in [-0.3, -0.25) is 0 Å². The number of likely N-dealkylation sites (tertiary alicyclic amines) is 1. The number of benzene rings is 1. The highest BCUT2D eigenvalue weighted by Crippen LogP contribution is 2.16. The first kappa shape index (κ1) is 14.2. The third-order valence-electron chi connectivity index (χ3n) is 4.29. The lowest BCUT2D eigenvalue weighted by Gasteiger charge is -2.29. The van der Waals surface area contributed by atoms with Gasteiger partial charge in [-0.15, -0.1) is 5.10 Å². The van der Waals surface area contributed by atoms with Crippen LogP contribution in [0.2, 0.25) is 0 Å². The van der Waals surface area contributed by atoms with Gasteiger partial charge in [0.05, 0.1) is 5.69 Å². The zero-order valence-electron chi connectivity index (χ0n) is 12.6. The predicted molar refractivity (Wildman–Crippen MR) is 82.3 cm³/mol. The number of hydrogen-bond donors (Lipinski definition) is 0. The van der Waals surface area contributed by atoms with Crippen molar-refractivity contribution in [2.75, 3.05) is 19.6 Å². The Balaban J connectivity index is 1.53. The summed E-state index contributed by atoms with van der Waals surface area (Å²) < 4.78 is 1.85. The van der Waals surface area contributed by atoms with E-state index in [-0.39, 0.29) is 0 Å². The molecule has 0 radical (unpaired) electrons. The molecule has 1 aromatic heterocycles. The van der Waals surface area contributed by atoms with Gasteiger partial charge >= 0.3 is 0 Å². The molecule has 1 aromatic carbocycles. The summed E-state index contributed by atoms with van der Waals surface area (Å²) in [7, 11) is 0. The van der Waals surface area contributed by atoms with Crippen LogP contribution in [0.4, 0.5) is 0 Å². The molecule has 5 heteroatoms. The van der Waals surface area contributed by atoms with Crippen molar-refractivity contribution in [3.63, 3.8) is 0 Å². The van der Waals surface area contributed by atoms with Crippen LogP contribution in [0.25, 0.3) is 5.69 Å². The quantitative estimate of drug-likeness (QED) is 0.846. The molecule has 0 atom stereocenters. The fourth-order valence-corrected chi connectivity index (χ4v) is 2.88. The fourth-order valence-electron chi connectivity index (χ4n) is 2.88. The van der Waals surface area contributed by atoms with Crippen molar-refractivity contribution in [2.45, 2.75) is 32.6 Å². The summed E-state index contributed by atoms with van der Waals surface area (Å²) in [5, 5.41) is 12.1. The average molecular weight is 285 g/mol. The minimum Gasteiger partial charge on any atom is -0.303 e. The summed E-state index contributed by atoms with van der Waals surface area (Å²) in [6.07, 6.45) is 4.71. The van der Waals surface area contributed by atoms with E-state index in [0.29, 0.717) is 0 Å². The molecule has 112 valence electrons. The Hall–Kier alpha value is -1.75. The Morgan fingerprint density at radius 2 is 1.90 bits per heavy atom. The lowest BCUT2D eigenvalue weighted by Crippen LogP contribution is -2.33. The Labute approximate surface area is 126 Å². The summed E-state index contributed by atoms with van der Waals surface area (Å²) in [6, 6.07) is 10.1. The third kappa shape index (κ3) is 3.67. The lowest BCUT2D eigenvalue weighted by atomic mass is 9.99. The van der Waals surface area contributed by atoms with Gasteiger partial charge in [-0.25, -0.2) is 0 Å². The molecule has 0 spiro atoms. The monoisotopic (exact) mass is 285 g/mol. The van der Waals surface area contributed by atoms with E-state index >= 15 is 0 Å². The molecule has 0 saturated carbocycles. The fraction of sp³-hybridized carbons (Fsp3) is 0.562. The highest BCUT2D eigenvalue weighted by atomic mass is 15.5. The summed E-state index contributed by atoms with van der Waals surface area (Å²) in [6.45, 7) is 5.98. The van der Waals surface area contributed by atoms with E-state index in [4.69, 9.17) is 0 Å². The number of rotatable bonds is 5. The second-order valence-electron chi connectivity index (χ2n) is 5.97. The smallest absolute Gasteiger partial charge is 0.156 e. The van der Waals surface area contributed by atoms with Crippen LogP contribution in [0.1, 0.15) is 32.0 Å². The van der Waals surface area contributed by atoms with Crippen molar-refractivity contribution in [3.8, 4) is 5.69 Å². The van der Waals surface area contributed by atoms with E-state index in [1.165, 1.54) is 25.9 Å². The van der Waals surface area contributed by atoms with Gasteiger partial charge < -0.3 is 4.90 Å². The molecule has 2 aromatic rings. The first-order valence-corrected chi connectivity index (χ1v) is 7.88. The normalized spacial score (nSPS) is 17.2. The van der Waals surface area contributed by atoms with Crippen molar-refractivity contribution >= 4 is 0 Å². The Kier molecular flexibility index (Phi) is 4.60. The zero-order valence-corrected chi connectivity index (χ0v) is 12.6. The van der Waals surface area contributed by atoms with Gasteiger partial charge in [-0.05, 0) is 67.4 Å². The Morgan fingerprint density at radius 1 is 1.14 bits per heavy atom. The molecule has 1 aliphatic rings. The molecule has 3 rings (SSSR count). The number of hydrogen-bond acceptors (Lipinski definition) is 4. The Morgan fingerprint density at radius 3 is 2.67 bits per heavy atom. The number of para-hydroxylation sites is 1. The summed E-state index contributed by atoms with van der Waals surface area (Å²) >= 11 is 0. The molecule has 1 saturated heterocycles. The molecule has 2 heterocycles. The van der Waals surface area contributed by atoms with Gasteiger partial charge in [-0.1, -0.05) is 25.1 Å². The van der Waals surface area contributed by atoms with Crippen molar-refractivity contribution in [3.05, 3.63) is 36.2 Å². The van der Waals surface area contributed by atoms with Gasteiger partial charge in [0.15, 0.2) is 5.82 Å². The van der Waals surface area contributed by atoms with E-state index in [1.54, 1.807) is 0 Å². The van der Waals surface area contributed by atoms with Crippen LogP contribution in [-0.2, 0) is 6.42 Å². The molecule has 21 heavy (non-hydrogen) atoms. The summed E-state index contributed by atoms with van der Waals surface area (Å²) in [5.74, 6) is 1.85. The highest BCUT2D eigenvalue weighted by Gasteiger charge is 2.15. The van der Waals surface area contributed by atoms with Crippen LogP contribution in [0.5, 0.6) is 0 Å². The van der Waals surface area contributed by atoms with Crippen molar-refractivity contribution in [2.24, 2.45) is 5.92 Å². The first-order valence-electron chi connectivity index (χ1n) is 7.88. The highest BCUT2D eigenvalue weighted by molar-refractivity contribution is 5.30. The molecule has 0 unspecified atom stereocenters. The van der Waals surface area contributed by atoms with E-state index in [2.05, 4.69) is 27.3 Å². The molecule has 1 aliphatic heterocycles. The molecule has 0 N–H and O–H groups in total. The van der Waals surface area contributed by atoms with E-state index < -0.39 is 0 Å². The van der Waals surface area contributed by atoms with E-state index in [1.807, 2.05) is 35.0 Å². The van der Waals surface area contributed by atoms with Crippen LogP contribution < -0.4 is 0 Å². The van der Waals surface area contributed by atoms with Crippen LogP contribution in [0.15, 0.2) is 30.3 Å². The molecule has 1 fully saturated rings. The second-order valence-corrected chi connectivity index (χ2v) is 5.97. The topological polar surface area (TPSA) is 46.8 Å². The maximum Gasteiger partial charge on any atom is 0.156 e. The minimum absolute atomic E-state index is 0.895. The SMILES string of the molecule is CC1CCN(CCCc2nnnn2-c2ccccc2)CC1. The van der Waals surface area contributed by atoms with Crippen LogP contribution >= 0.6 is 0 Å². The maximum absolute atomic E-state index is 4.17. The molecule has 0 aliphatic carbocycles. The number of piperidine rings is 1. The van der Waals surface area contributed by atoms with Crippen LogP contribution in [0, 0.1) is 5.92 Å². The van der Waals surface area contributed by atoms with Gasteiger partial charge in [0.2, 0.25) is 0 Å². The molecular formula is C16H23N5. The molecule has 0 amide bonds. The molecule has 0 bridgehead atoms. The minimum atomic E-state index is 0.895.